The van der Waals surface area contributed by atoms with Crippen LogP contribution in [-0.4, -0.2) is 31.7 Å². The van der Waals surface area contributed by atoms with Gasteiger partial charge in [-0.15, -0.1) is 0 Å². The Kier molecular flexibility index (Phi) is 6.58. The van der Waals surface area contributed by atoms with Crippen LogP contribution in [-0.2, 0) is 9.53 Å². The third-order valence-corrected chi connectivity index (χ3v) is 5.32. The summed E-state index contributed by atoms with van der Waals surface area (Å²) in [6.07, 6.45) is 1.55. The summed E-state index contributed by atoms with van der Waals surface area (Å²) in [6, 6.07) is 16.7. The quantitative estimate of drug-likeness (QED) is 0.689. The third-order valence-electron chi connectivity index (χ3n) is 4.19. The molecule has 1 heterocycles. The molecule has 1 N–H and O–H groups in total. The Morgan fingerprint density at radius 1 is 1.08 bits per heavy atom. The van der Waals surface area contributed by atoms with Crippen molar-refractivity contribution in [2.45, 2.75) is 42.6 Å². The molecule has 0 aliphatic carbocycles. The highest BCUT2D eigenvalue weighted by molar-refractivity contribution is 7.99. The van der Waals surface area contributed by atoms with E-state index in [1.54, 1.807) is 11.8 Å². The second-order valence-electron chi connectivity index (χ2n) is 6.56. The standard InChI is InChI=1S/C21H26N2O2S/c1-16(2)25-15-7-13-22-21(24)12-14-23-17-8-3-5-10-19(17)26-20-11-6-4-9-18(20)23/h3-6,8-11,16H,7,12-15H2,1-2H3,(H,22,24). The van der Waals surface area contributed by atoms with Crippen LogP contribution in [0.25, 0.3) is 0 Å². The second kappa shape index (κ2) is 9.10. The third kappa shape index (κ3) is 4.80. The average Bonchev–Trinajstić information content (AvgIpc) is 2.64. The van der Waals surface area contributed by atoms with Gasteiger partial charge in [-0.3, -0.25) is 4.79 Å². The van der Waals surface area contributed by atoms with Crippen molar-refractivity contribution in [3.63, 3.8) is 0 Å². The van der Waals surface area contributed by atoms with Gasteiger partial charge >= 0.3 is 0 Å². The highest BCUT2D eigenvalue weighted by Crippen LogP contribution is 2.47. The minimum atomic E-state index is 0.0859. The number of carbonyl (C=O) groups is 1. The second-order valence-corrected chi connectivity index (χ2v) is 7.65. The molecule has 26 heavy (non-hydrogen) atoms. The van der Waals surface area contributed by atoms with Crippen LogP contribution >= 0.6 is 11.8 Å². The molecule has 0 saturated carbocycles. The van der Waals surface area contributed by atoms with E-state index in [4.69, 9.17) is 4.74 Å². The van der Waals surface area contributed by atoms with Crippen LogP contribution in [0.3, 0.4) is 0 Å². The Morgan fingerprint density at radius 2 is 1.69 bits per heavy atom. The fourth-order valence-electron chi connectivity index (χ4n) is 2.94. The SMILES string of the molecule is CC(C)OCCCNC(=O)CCN1c2ccccc2Sc2ccccc21. The minimum absolute atomic E-state index is 0.0859. The van der Waals surface area contributed by atoms with Gasteiger partial charge in [0.1, 0.15) is 0 Å². The first-order chi connectivity index (χ1) is 12.6. The lowest BCUT2D eigenvalue weighted by atomic mass is 10.2. The number of amides is 1. The van der Waals surface area contributed by atoms with Crippen LogP contribution in [0.4, 0.5) is 11.4 Å². The van der Waals surface area contributed by atoms with Crippen molar-refractivity contribution in [1.82, 2.24) is 5.32 Å². The van der Waals surface area contributed by atoms with Crippen LogP contribution in [0.5, 0.6) is 0 Å². The van der Waals surface area contributed by atoms with Gasteiger partial charge in [-0.2, -0.15) is 0 Å². The van der Waals surface area contributed by atoms with Gasteiger partial charge in [0.25, 0.3) is 0 Å². The topological polar surface area (TPSA) is 41.6 Å². The summed E-state index contributed by atoms with van der Waals surface area (Å²) >= 11 is 1.79. The van der Waals surface area contributed by atoms with Crippen LogP contribution < -0.4 is 10.2 Å². The Morgan fingerprint density at radius 3 is 2.31 bits per heavy atom. The smallest absolute Gasteiger partial charge is 0.221 e. The van der Waals surface area contributed by atoms with E-state index in [2.05, 4.69) is 58.7 Å². The summed E-state index contributed by atoms with van der Waals surface area (Å²) in [5.41, 5.74) is 2.35. The van der Waals surface area contributed by atoms with E-state index in [1.165, 1.54) is 21.2 Å². The Hall–Kier alpha value is -1.98. The summed E-state index contributed by atoms with van der Waals surface area (Å²) in [6.45, 7) is 6.05. The molecule has 0 unspecified atom stereocenters. The lowest BCUT2D eigenvalue weighted by Gasteiger charge is -2.32. The molecule has 0 atom stereocenters. The Bertz CT molecular complexity index is 703. The van der Waals surface area contributed by atoms with E-state index in [0.29, 0.717) is 26.1 Å². The molecule has 1 aliphatic rings. The van der Waals surface area contributed by atoms with Gasteiger partial charge < -0.3 is 15.0 Å². The fourth-order valence-corrected chi connectivity index (χ4v) is 4.04. The molecular weight excluding hydrogens is 344 g/mol. The number of hydrogen-bond donors (Lipinski definition) is 1. The number of fused-ring (bicyclic) bond motifs is 2. The van der Waals surface area contributed by atoms with Gasteiger partial charge in [-0.1, -0.05) is 36.0 Å². The molecule has 0 bridgehead atoms. The Balaban J connectivity index is 1.57. The lowest BCUT2D eigenvalue weighted by Crippen LogP contribution is -2.30. The van der Waals surface area contributed by atoms with E-state index >= 15 is 0 Å². The Labute approximate surface area is 159 Å². The number of anilines is 2. The van der Waals surface area contributed by atoms with Gasteiger partial charge in [-0.05, 0) is 44.5 Å². The normalized spacial score (nSPS) is 12.7. The number of nitrogens with one attached hydrogen (secondary N) is 1. The zero-order valence-corrected chi connectivity index (χ0v) is 16.2. The van der Waals surface area contributed by atoms with E-state index < -0.39 is 0 Å². The predicted molar refractivity (Wildman–Crippen MR) is 107 cm³/mol. The van der Waals surface area contributed by atoms with Gasteiger partial charge in [0.05, 0.1) is 17.5 Å². The van der Waals surface area contributed by atoms with Gasteiger partial charge in [-0.25, -0.2) is 0 Å². The van der Waals surface area contributed by atoms with Crippen molar-refractivity contribution >= 4 is 29.0 Å². The van der Waals surface area contributed by atoms with Crippen molar-refractivity contribution in [2.24, 2.45) is 0 Å². The summed E-state index contributed by atoms with van der Waals surface area (Å²) in [5.74, 6) is 0.0859. The average molecular weight is 371 g/mol. The lowest BCUT2D eigenvalue weighted by molar-refractivity contribution is -0.120. The maximum absolute atomic E-state index is 12.2. The molecular formula is C21H26N2O2S. The number of carbonyl (C=O) groups excluding carboxylic acids is 1. The molecule has 0 spiro atoms. The molecule has 0 radical (unpaired) electrons. The fraction of sp³-hybridized carbons (Fsp3) is 0.381. The highest BCUT2D eigenvalue weighted by atomic mass is 32.2. The van der Waals surface area contributed by atoms with Crippen LogP contribution in [0, 0.1) is 0 Å². The zero-order valence-electron chi connectivity index (χ0n) is 15.4. The van der Waals surface area contributed by atoms with E-state index in [9.17, 15) is 4.79 Å². The highest BCUT2D eigenvalue weighted by Gasteiger charge is 2.22. The molecule has 4 nitrogen and oxygen atoms in total. The first kappa shape index (κ1) is 18.8. The molecule has 2 aromatic rings. The first-order valence-corrected chi connectivity index (χ1v) is 9.98. The molecule has 5 heteroatoms. The van der Waals surface area contributed by atoms with Crippen molar-refractivity contribution in [1.29, 1.82) is 0 Å². The molecule has 1 aliphatic heterocycles. The molecule has 3 rings (SSSR count). The van der Waals surface area contributed by atoms with Crippen molar-refractivity contribution in [2.75, 3.05) is 24.6 Å². The van der Waals surface area contributed by atoms with E-state index in [1.807, 2.05) is 13.8 Å². The van der Waals surface area contributed by atoms with E-state index in [0.717, 1.165) is 6.42 Å². The summed E-state index contributed by atoms with van der Waals surface area (Å²) in [4.78, 5) is 16.9. The maximum Gasteiger partial charge on any atom is 0.221 e. The van der Waals surface area contributed by atoms with Crippen molar-refractivity contribution in [3.8, 4) is 0 Å². The monoisotopic (exact) mass is 370 g/mol. The molecule has 1 amide bonds. The number of hydrogen-bond acceptors (Lipinski definition) is 4. The van der Waals surface area contributed by atoms with Gasteiger partial charge in [0.2, 0.25) is 5.91 Å². The largest absolute Gasteiger partial charge is 0.379 e. The molecule has 0 saturated heterocycles. The molecule has 0 aromatic heterocycles. The molecule has 0 fully saturated rings. The van der Waals surface area contributed by atoms with Crippen LogP contribution in [0.2, 0.25) is 0 Å². The predicted octanol–water partition coefficient (Wildman–Crippen LogP) is 4.61. The van der Waals surface area contributed by atoms with E-state index in [-0.39, 0.29) is 12.0 Å². The number of nitrogens with zero attached hydrogens (tertiary/aromatic N) is 1. The number of rotatable bonds is 8. The molecule has 138 valence electrons. The van der Waals surface area contributed by atoms with Crippen LogP contribution in [0.15, 0.2) is 58.3 Å². The summed E-state index contributed by atoms with van der Waals surface area (Å²) in [5, 5.41) is 2.99. The van der Waals surface area contributed by atoms with Gasteiger partial charge in [0, 0.05) is 35.9 Å². The zero-order chi connectivity index (χ0) is 18.4. The number of ether oxygens (including phenoxy) is 1. The minimum Gasteiger partial charge on any atom is -0.379 e. The first-order valence-electron chi connectivity index (χ1n) is 9.17. The number of benzene rings is 2. The van der Waals surface area contributed by atoms with Crippen molar-refractivity contribution in [3.05, 3.63) is 48.5 Å². The van der Waals surface area contributed by atoms with Crippen LogP contribution in [0.1, 0.15) is 26.7 Å². The number of para-hydroxylation sites is 2. The maximum atomic E-state index is 12.2. The molecule has 2 aromatic carbocycles. The van der Waals surface area contributed by atoms with Crippen molar-refractivity contribution < 1.29 is 9.53 Å². The van der Waals surface area contributed by atoms with Gasteiger partial charge in [0.15, 0.2) is 0 Å². The summed E-state index contributed by atoms with van der Waals surface area (Å²) in [7, 11) is 0. The summed E-state index contributed by atoms with van der Waals surface area (Å²) < 4.78 is 5.50.